The zero-order valence-corrected chi connectivity index (χ0v) is 20.7. The first-order valence-electron chi connectivity index (χ1n) is 12.8. The summed E-state index contributed by atoms with van der Waals surface area (Å²) in [7, 11) is 0. The Morgan fingerprint density at radius 1 is 0.919 bits per heavy atom. The molecule has 7 heteroatoms. The number of carboxylic acid groups (broad SMARTS) is 1. The van der Waals surface area contributed by atoms with Crippen LogP contribution >= 0.6 is 0 Å². The van der Waals surface area contributed by atoms with Gasteiger partial charge in [-0.2, -0.15) is 0 Å². The van der Waals surface area contributed by atoms with Gasteiger partial charge in [0.15, 0.2) is 0 Å². The molecule has 3 aromatic carbocycles. The van der Waals surface area contributed by atoms with Crippen molar-refractivity contribution in [3.05, 3.63) is 95.6 Å². The number of fused-ring (bicyclic) bond motifs is 3. The standard InChI is InChI=1S/C30H32N2O5/c33-21-22-9-11-26(12-10-22)36-17-18-37-27-8-4-7-25(19-27)29(24-5-2-1-3-6-24)32(30(34)35)28-20-31-15-13-23(28)14-16-31/h1-12,19,21,23,28-29H,13-18,20H2,(H,34,35)/t28-,29-/m0/s1. The summed E-state index contributed by atoms with van der Waals surface area (Å²) in [4.78, 5) is 27.6. The monoisotopic (exact) mass is 500 g/mol. The van der Waals surface area contributed by atoms with Gasteiger partial charge in [0.2, 0.25) is 0 Å². The number of nitrogens with zero attached hydrogens (tertiary/aromatic N) is 2. The molecule has 2 atom stereocenters. The average Bonchev–Trinajstić information content (AvgIpc) is 2.95. The molecule has 3 aliphatic heterocycles. The van der Waals surface area contributed by atoms with Crippen LogP contribution in [0.4, 0.5) is 4.79 Å². The van der Waals surface area contributed by atoms with E-state index >= 15 is 0 Å². The van der Waals surface area contributed by atoms with E-state index in [9.17, 15) is 14.7 Å². The van der Waals surface area contributed by atoms with Gasteiger partial charge in [-0.3, -0.25) is 9.69 Å². The minimum absolute atomic E-state index is 0.0474. The van der Waals surface area contributed by atoms with Crippen molar-refractivity contribution in [1.29, 1.82) is 0 Å². The van der Waals surface area contributed by atoms with Crippen LogP contribution in [0, 0.1) is 5.92 Å². The molecule has 37 heavy (non-hydrogen) atoms. The molecule has 0 saturated carbocycles. The molecule has 2 bridgehead atoms. The lowest BCUT2D eigenvalue weighted by Crippen LogP contribution is -2.59. The van der Waals surface area contributed by atoms with Crippen molar-refractivity contribution in [3.8, 4) is 11.5 Å². The zero-order chi connectivity index (χ0) is 25.6. The van der Waals surface area contributed by atoms with E-state index in [0.29, 0.717) is 36.2 Å². The third-order valence-electron chi connectivity index (χ3n) is 7.40. The number of hydrogen-bond donors (Lipinski definition) is 1. The molecular formula is C30H32N2O5. The van der Waals surface area contributed by atoms with Gasteiger partial charge < -0.3 is 19.5 Å². The quantitative estimate of drug-likeness (QED) is 0.308. The Kier molecular flexibility index (Phi) is 7.70. The van der Waals surface area contributed by atoms with Gasteiger partial charge in [0.1, 0.15) is 31.0 Å². The van der Waals surface area contributed by atoms with Gasteiger partial charge in [0, 0.05) is 12.1 Å². The first-order valence-corrected chi connectivity index (χ1v) is 12.8. The van der Waals surface area contributed by atoms with E-state index in [-0.39, 0.29) is 6.04 Å². The fourth-order valence-corrected chi connectivity index (χ4v) is 5.58. The summed E-state index contributed by atoms with van der Waals surface area (Å²) in [5.41, 5.74) is 2.43. The molecule has 0 spiro atoms. The molecule has 192 valence electrons. The highest BCUT2D eigenvalue weighted by atomic mass is 16.5. The zero-order valence-electron chi connectivity index (χ0n) is 20.7. The maximum atomic E-state index is 12.8. The summed E-state index contributed by atoms with van der Waals surface area (Å²) in [6, 6.07) is 24.0. The predicted molar refractivity (Wildman–Crippen MR) is 140 cm³/mol. The summed E-state index contributed by atoms with van der Waals surface area (Å²) >= 11 is 0. The Labute approximate surface area is 217 Å². The lowest BCUT2D eigenvalue weighted by Gasteiger charge is -2.50. The fraction of sp³-hybridized carbons (Fsp3) is 0.333. The van der Waals surface area contributed by atoms with Crippen molar-refractivity contribution in [3.63, 3.8) is 0 Å². The second-order valence-corrected chi connectivity index (χ2v) is 9.66. The van der Waals surface area contributed by atoms with Crippen molar-refractivity contribution < 1.29 is 24.2 Å². The molecule has 3 aromatic rings. The van der Waals surface area contributed by atoms with E-state index in [4.69, 9.17) is 9.47 Å². The van der Waals surface area contributed by atoms with Gasteiger partial charge in [-0.05, 0) is 79.4 Å². The first kappa shape index (κ1) is 24.8. The number of amides is 1. The number of piperidine rings is 3. The SMILES string of the molecule is O=Cc1ccc(OCCOc2cccc([C@H](c3ccccc3)N(C(=O)O)[C@H]3CN4CCC3CC4)c2)cc1. The normalized spacial score (nSPS) is 21.1. The molecule has 3 heterocycles. The topological polar surface area (TPSA) is 79.3 Å². The molecule has 3 fully saturated rings. The number of hydrogen-bond acceptors (Lipinski definition) is 5. The van der Waals surface area contributed by atoms with E-state index in [1.807, 2.05) is 54.6 Å². The third-order valence-corrected chi connectivity index (χ3v) is 7.40. The Morgan fingerprint density at radius 2 is 1.59 bits per heavy atom. The molecule has 0 radical (unpaired) electrons. The lowest BCUT2D eigenvalue weighted by molar-refractivity contribution is -0.000812. The van der Waals surface area contributed by atoms with E-state index in [1.54, 1.807) is 29.2 Å². The van der Waals surface area contributed by atoms with Crippen LogP contribution in [-0.2, 0) is 0 Å². The minimum Gasteiger partial charge on any atom is -0.490 e. The predicted octanol–water partition coefficient (Wildman–Crippen LogP) is 5.12. The summed E-state index contributed by atoms with van der Waals surface area (Å²) in [5, 5.41) is 10.5. The van der Waals surface area contributed by atoms with Gasteiger partial charge in [0.25, 0.3) is 0 Å². The van der Waals surface area contributed by atoms with Crippen LogP contribution in [0.15, 0.2) is 78.9 Å². The Balaban J connectivity index is 1.34. The highest BCUT2D eigenvalue weighted by Gasteiger charge is 2.43. The highest BCUT2D eigenvalue weighted by Crippen LogP contribution is 2.39. The van der Waals surface area contributed by atoms with Crippen LogP contribution in [-0.4, -0.2) is 66.2 Å². The second-order valence-electron chi connectivity index (χ2n) is 9.66. The summed E-state index contributed by atoms with van der Waals surface area (Å²) in [6.07, 6.45) is 1.98. The number of benzene rings is 3. The fourth-order valence-electron chi connectivity index (χ4n) is 5.58. The van der Waals surface area contributed by atoms with Crippen molar-refractivity contribution in [2.75, 3.05) is 32.8 Å². The summed E-state index contributed by atoms with van der Waals surface area (Å²) < 4.78 is 11.7. The van der Waals surface area contributed by atoms with Crippen molar-refractivity contribution >= 4 is 12.4 Å². The first-order chi connectivity index (χ1) is 18.1. The second kappa shape index (κ2) is 11.5. The number of ether oxygens (including phenoxy) is 2. The Hall–Kier alpha value is -3.84. The molecule has 1 amide bonds. The third kappa shape index (κ3) is 5.78. The summed E-state index contributed by atoms with van der Waals surface area (Å²) in [6.45, 7) is 3.56. The van der Waals surface area contributed by atoms with Gasteiger partial charge in [-0.15, -0.1) is 0 Å². The number of aldehydes is 1. The maximum absolute atomic E-state index is 12.8. The van der Waals surface area contributed by atoms with Gasteiger partial charge >= 0.3 is 6.09 Å². The van der Waals surface area contributed by atoms with Gasteiger partial charge in [0.05, 0.1) is 12.1 Å². The van der Waals surface area contributed by atoms with Gasteiger partial charge in [-0.25, -0.2) is 4.79 Å². The molecule has 0 aliphatic carbocycles. The van der Waals surface area contributed by atoms with Crippen LogP contribution in [0.5, 0.6) is 11.5 Å². The Morgan fingerprint density at radius 3 is 2.22 bits per heavy atom. The lowest BCUT2D eigenvalue weighted by atomic mass is 9.81. The van der Waals surface area contributed by atoms with Crippen LogP contribution in [0.1, 0.15) is 40.4 Å². The smallest absolute Gasteiger partial charge is 0.408 e. The summed E-state index contributed by atoms with van der Waals surface area (Å²) in [5.74, 6) is 1.71. The van der Waals surface area contributed by atoms with Crippen LogP contribution < -0.4 is 9.47 Å². The largest absolute Gasteiger partial charge is 0.490 e. The molecule has 7 nitrogen and oxygen atoms in total. The molecule has 6 rings (SSSR count). The van der Waals surface area contributed by atoms with Crippen molar-refractivity contribution in [1.82, 2.24) is 9.80 Å². The minimum atomic E-state index is -0.895. The molecular weight excluding hydrogens is 468 g/mol. The van der Waals surface area contributed by atoms with Crippen LogP contribution in [0.3, 0.4) is 0 Å². The van der Waals surface area contributed by atoms with Crippen molar-refractivity contribution in [2.45, 2.75) is 24.9 Å². The van der Waals surface area contributed by atoms with Crippen LogP contribution in [0.2, 0.25) is 0 Å². The molecule has 1 N–H and O–H groups in total. The van der Waals surface area contributed by atoms with Crippen LogP contribution in [0.25, 0.3) is 0 Å². The highest BCUT2D eigenvalue weighted by molar-refractivity contribution is 5.74. The molecule has 0 unspecified atom stereocenters. The van der Waals surface area contributed by atoms with E-state index < -0.39 is 12.1 Å². The number of carbonyl (C=O) groups is 2. The van der Waals surface area contributed by atoms with E-state index in [0.717, 1.165) is 49.9 Å². The van der Waals surface area contributed by atoms with E-state index in [2.05, 4.69) is 4.90 Å². The maximum Gasteiger partial charge on any atom is 0.408 e. The van der Waals surface area contributed by atoms with E-state index in [1.165, 1.54) is 0 Å². The molecule has 0 aromatic heterocycles. The number of carbonyl (C=O) groups excluding carboxylic acids is 1. The molecule has 3 aliphatic rings. The molecule has 3 saturated heterocycles. The van der Waals surface area contributed by atoms with Gasteiger partial charge in [-0.1, -0.05) is 42.5 Å². The average molecular weight is 501 g/mol. The van der Waals surface area contributed by atoms with Crippen molar-refractivity contribution in [2.24, 2.45) is 5.92 Å². The Bertz CT molecular complexity index is 1190. The number of rotatable bonds is 10.